The van der Waals surface area contributed by atoms with Crippen LogP contribution in [-0.4, -0.2) is 22.2 Å². The van der Waals surface area contributed by atoms with Gasteiger partial charge in [-0.1, -0.05) is 0 Å². The Labute approximate surface area is 97.7 Å². The molecule has 1 atom stereocenters. The Hall–Kier alpha value is -2.01. The summed E-state index contributed by atoms with van der Waals surface area (Å²) in [5.41, 5.74) is 0.622. The Balaban J connectivity index is 2.44. The molecule has 0 aliphatic heterocycles. The molecule has 1 N–H and O–H groups in total. The average molecular weight is 234 g/mol. The van der Waals surface area contributed by atoms with Crippen LogP contribution >= 0.6 is 0 Å². The first-order valence-electron chi connectivity index (χ1n) is 4.99. The number of hydrogen-bond donors (Lipinski definition) is 1. The zero-order valence-corrected chi connectivity index (χ0v) is 9.17. The van der Waals surface area contributed by atoms with Gasteiger partial charge >= 0.3 is 0 Å². The molecule has 0 aromatic carbocycles. The molecule has 4 nitrogen and oxygen atoms in total. The van der Waals surface area contributed by atoms with E-state index in [1.807, 2.05) is 0 Å². The Kier molecular flexibility index (Phi) is 3.30. The lowest BCUT2D eigenvalue weighted by Gasteiger charge is -2.14. The van der Waals surface area contributed by atoms with E-state index in [4.69, 9.17) is 4.74 Å². The Morgan fingerprint density at radius 2 is 1.82 bits per heavy atom. The molecule has 88 valence electrons. The van der Waals surface area contributed by atoms with E-state index < -0.39 is 11.9 Å². The van der Waals surface area contributed by atoms with E-state index in [0.717, 1.165) is 6.20 Å². The van der Waals surface area contributed by atoms with Crippen LogP contribution in [0.4, 0.5) is 4.39 Å². The maximum atomic E-state index is 13.5. The van der Waals surface area contributed by atoms with Crippen LogP contribution in [0.1, 0.15) is 17.2 Å². The second-order valence-electron chi connectivity index (χ2n) is 3.42. The van der Waals surface area contributed by atoms with Crippen molar-refractivity contribution in [2.45, 2.75) is 6.10 Å². The zero-order valence-electron chi connectivity index (χ0n) is 9.17. The van der Waals surface area contributed by atoms with Gasteiger partial charge in [0.2, 0.25) is 0 Å². The molecule has 1 unspecified atom stereocenters. The van der Waals surface area contributed by atoms with Gasteiger partial charge in [-0.15, -0.1) is 0 Å². The molecule has 0 aliphatic carbocycles. The molecule has 17 heavy (non-hydrogen) atoms. The highest BCUT2D eigenvalue weighted by molar-refractivity contribution is 5.37. The summed E-state index contributed by atoms with van der Waals surface area (Å²) in [5, 5.41) is 10.1. The summed E-state index contributed by atoms with van der Waals surface area (Å²) in [5.74, 6) is -0.143. The van der Waals surface area contributed by atoms with Crippen molar-refractivity contribution in [2.24, 2.45) is 0 Å². The number of nitrogens with zero attached hydrogens (tertiary/aromatic N) is 2. The van der Waals surface area contributed by atoms with E-state index >= 15 is 0 Å². The van der Waals surface area contributed by atoms with Gasteiger partial charge in [0.25, 0.3) is 0 Å². The lowest BCUT2D eigenvalue weighted by molar-refractivity contribution is 0.209. The summed E-state index contributed by atoms with van der Waals surface area (Å²) < 4.78 is 18.5. The van der Waals surface area contributed by atoms with Crippen LogP contribution in [0.15, 0.2) is 36.9 Å². The number of ether oxygens (including phenoxy) is 1. The number of hydrogen-bond acceptors (Lipinski definition) is 4. The van der Waals surface area contributed by atoms with Gasteiger partial charge in [0.05, 0.1) is 19.5 Å². The second kappa shape index (κ2) is 4.88. The van der Waals surface area contributed by atoms with Gasteiger partial charge in [0.15, 0.2) is 0 Å². The number of aliphatic hydroxyl groups excluding tert-OH is 1. The van der Waals surface area contributed by atoms with E-state index in [-0.39, 0.29) is 5.56 Å². The molecule has 0 saturated carbocycles. The number of aliphatic hydroxyl groups is 1. The van der Waals surface area contributed by atoms with Crippen LogP contribution in [0.25, 0.3) is 0 Å². The first-order chi connectivity index (χ1) is 8.24. The third-order valence-electron chi connectivity index (χ3n) is 2.43. The summed E-state index contributed by atoms with van der Waals surface area (Å²) in [6, 6.07) is 3.02. The van der Waals surface area contributed by atoms with Crippen molar-refractivity contribution in [3.63, 3.8) is 0 Å². The summed E-state index contributed by atoms with van der Waals surface area (Å²) >= 11 is 0. The largest absolute Gasteiger partial charge is 0.495 e. The molecule has 0 spiro atoms. The summed E-state index contributed by atoms with van der Waals surface area (Å²) in [6.45, 7) is 0. The molecule has 0 amide bonds. The molecule has 2 aromatic rings. The van der Waals surface area contributed by atoms with E-state index in [9.17, 15) is 9.50 Å². The second-order valence-corrected chi connectivity index (χ2v) is 3.42. The summed E-state index contributed by atoms with van der Waals surface area (Å²) in [6.07, 6.45) is 4.37. The lowest BCUT2D eigenvalue weighted by atomic mass is 10.0. The van der Waals surface area contributed by atoms with Crippen molar-refractivity contribution < 1.29 is 14.2 Å². The zero-order chi connectivity index (χ0) is 12.3. The standard InChI is InChI=1S/C12H11FN2O2/c1-17-11-7-15-5-3-9(11)12(16)8-2-4-14-6-10(8)13/h2-7,12,16H,1H3. The Bertz CT molecular complexity index is 519. The van der Waals surface area contributed by atoms with Gasteiger partial charge < -0.3 is 9.84 Å². The average Bonchev–Trinajstić information content (AvgIpc) is 2.38. The molecule has 2 rings (SSSR count). The Morgan fingerprint density at radius 1 is 1.18 bits per heavy atom. The quantitative estimate of drug-likeness (QED) is 0.878. The maximum absolute atomic E-state index is 13.5. The van der Waals surface area contributed by atoms with Crippen molar-refractivity contribution in [3.8, 4) is 5.75 Å². The summed E-state index contributed by atoms with van der Waals surface area (Å²) in [7, 11) is 1.47. The predicted octanol–water partition coefficient (Wildman–Crippen LogP) is 1.71. The monoisotopic (exact) mass is 234 g/mol. The number of methoxy groups -OCH3 is 1. The van der Waals surface area contributed by atoms with Crippen LogP contribution in [0.3, 0.4) is 0 Å². The number of aromatic nitrogens is 2. The number of halogens is 1. The van der Waals surface area contributed by atoms with Crippen molar-refractivity contribution in [1.29, 1.82) is 0 Å². The minimum absolute atomic E-state index is 0.157. The molecule has 2 aromatic heterocycles. The minimum Gasteiger partial charge on any atom is -0.495 e. The molecular weight excluding hydrogens is 223 g/mol. The van der Waals surface area contributed by atoms with E-state index in [1.165, 1.54) is 31.8 Å². The number of rotatable bonds is 3. The van der Waals surface area contributed by atoms with Gasteiger partial charge in [-0.2, -0.15) is 0 Å². The van der Waals surface area contributed by atoms with Gasteiger partial charge in [-0.3, -0.25) is 9.97 Å². The fourth-order valence-electron chi connectivity index (χ4n) is 1.56. The van der Waals surface area contributed by atoms with Gasteiger partial charge in [0.1, 0.15) is 17.7 Å². The third kappa shape index (κ3) is 2.24. The first-order valence-corrected chi connectivity index (χ1v) is 4.99. The van der Waals surface area contributed by atoms with Gasteiger partial charge in [-0.05, 0) is 12.1 Å². The first kappa shape index (κ1) is 11.5. The summed E-state index contributed by atoms with van der Waals surface area (Å²) in [4.78, 5) is 7.51. The molecule has 0 radical (unpaired) electrons. The lowest BCUT2D eigenvalue weighted by Crippen LogP contribution is -2.05. The molecule has 0 saturated heterocycles. The van der Waals surface area contributed by atoms with E-state index in [2.05, 4.69) is 9.97 Å². The molecular formula is C12H11FN2O2. The van der Waals surface area contributed by atoms with Gasteiger partial charge in [-0.25, -0.2) is 4.39 Å². The maximum Gasteiger partial charge on any atom is 0.147 e. The highest BCUT2D eigenvalue weighted by Crippen LogP contribution is 2.29. The van der Waals surface area contributed by atoms with E-state index in [1.54, 1.807) is 6.07 Å². The Morgan fingerprint density at radius 3 is 2.47 bits per heavy atom. The van der Waals surface area contributed by atoms with Crippen LogP contribution in [0, 0.1) is 5.82 Å². The van der Waals surface area contributed by atoms with Crippen LogP contribution < -0.4 is 4.74 Å². The van der Waals surface area contributed by atoms with Gasteiger partial charge in [0, 0.05) is 23.5 Å². The smallest absolute Gasteiger partial charge is 0.147 e. The van der Waals surface area contributed by atoms with Crippen molar-refractivity contribution in [3.05, 3.63) is 53.9 Å². The molecule has 0 fully saturated rings. The fourth-order valence-corrected chi connectivity index (χ4v) is 1.56. The molecule has 0 aliphatic rings. The normalized spacial score (nSPS) is 12.2. The minimum atomic E-state index is -1.10. The topological polar surface area (TPSA) is 55.2 Å². The highest BCUT2D eigenvalue weighted by Gasteiger charge is 2.18. The fraction of sp³-hybridized carbons (Fsp3) is 0.167. The SMILES string of the molecule is COc1cnccc1C(O)c1ccncc1F. The predicted molar refractivity (Wildman–Crippen MR) is 59.0 cm³/mol. The van der Waals surface area contributed by atoms with Crippen LogP contribution in [0.2, 0.25) is 0 Å². The third-order valence-corrected chi connectivity index (χ3v) is 2.43. The van der Waals surface area contributed by atoms with Crippen molar-refractivity contribution in [1.82, 2.24) is 9.97 Å². The molecule has 0 bridgehead atoms. The molecule has 2 heterocycles. The van der Waals surface area contributed by atoms with Crippen LogP contribution in [0.5, 0.6) is 5.75 Å². The van der Waals surface area contributed by atoms with E-state index in [0.29, 0.717) is 11.3 Å². The highest BCUT2D eigenvalue weighted by atomic mass is 19.1. The van der Waals surface area contributed by atoms with Crippen molar-refractivity contribution >= 4 is 0 Å². The molecule has 5 heteroatoms. The number of pyridine rings is 2. The van der Waals surface area contributed by atoms with Crippen molar-refractivity contribution in [2.75, 3.05) is 7.11 Å². The van der Waals surface area contributed by atoms with Crippen LogP contribution in [-0.2, 0) is 0 Å².